The predicted molar refractivity (Wildman–Crippen MR) is 135 cm³/mol. The molecule has 3 aromatic rings. The molecule has 0 saturated carbocycles. The van der Waals surface area contributed by atoms with Crippen LogP contribution in [0.3, 0.4) is 0 Å². The third-order valence-electron chi connectivity index (χ3n) is 7.59. The number of amides is 1. The van der Waals surface area contributed by atoms with Crippen molar-refractivity contribution in [2.75, 3.05) is 15.4 Å². The number of hydrogen-bond donors (Lipinski definition) is 2. The van der Waals surface area contributed by atoms with E-state index in [0.29, 0.717) is 11.3 Å². The van der Waals surface area contributed by atoms with E-state index in [9.17, 15) is 24.8 Å². The van der Waals surface area contributed by atoms with Crippen molar-refractivity contribution < 1.29 is 19.6 Å². The van der Waals surface area contributed by atoms with Crippen LogP contribution in [0.2, 0.25) is 0 Å². The lowest BCUT2D eigenvalue weighted by Gasteiger charge is -2.37. The fourth-order valence-corrected chi connectivity index (χ4v) is 6.23. The zero-order chi connectivity index (χ0) is 25.2. The number of benzene rings is 3. The van der Waals surface area contributed by atoms with E-state index in [1.807, 2.05) is 59.5 Å². The first-order valence-corrected chi connectivity index (χ1v) is 11.6. The van der Waals surface area contributed by atoms with Crippen LogP contribution in [0.25, 0.3) is 6.08 Å². The van der Waals surface area contributed by atoms with Crippen molar-refractivity contribution in [3.63, 3.8) is 0 Å². The number of rotatable bonds is 4. The number of para-hydroxylation sites is 2. The summed E-state index contributed by atoms with van der Waals surface area (Å²) in [5.74, 6) is -2.14. The van der Waals surface area contributed by atoms with Gasteiger partial charge >= 0.3 is 0 Å². The van der Waals surface area contributed by atoms with Gasteiger partial charge in [0.25, 0.3) is 0 Å². The Labute approximate surface area is 207 Å². The predicted octanol–water partition coefficient (Wildman–Crippen LogP) is 3.94. The summed E-state index contributed by atoms with van der Waals surface area (Å²) in [5.41, 5.74) is 1.54. The molecule has 0 aromatic heterocycles. The van der Waals surface area contributed by atoms with Gasteiger partial charge in [0.15, 0.2) is 11.6 Å². The lowest BCUT2D eigenvalue weighted by molar-refractivity contribution is -0.122. The van der Waals surface area contributed by atoms with E-state index in [2.05, 4.69) is 5.32 Å². The number of ketones is 2. The highest BCUT2D eigenvalue weighted by Crippen LogP contribution is 2.57. The van der Waals surface area contributed by atoms with E-state index in [4.69, 9.17) is 0 Å². The Bertz CT molecular complexity index is 1460. The van der Waals surface area contributed by atoms with E-state index in [-0.39, 0.29) is 28.2 Å². The van der Waals surface area contributed by atoms with Crippen LogP contribution in [-0.2, 0) is 15.0 Å². The minimum atomic E-state index is -1.39. The first-order chi connectivity index (χ1) is 17.4. The van der Waals surface area contributed by atoms with E-state index in [1.165, 1.54) is 31.2 Å². The maximum Gasteiger partial charge on any atom is 0.238 e. The standard InChI is InChI=1S/C28H22N3O5/c1-16(32)25-24(26(33)18-8-6-9-19(15-18)31(35)36)28(20-10-3-4-11-21(20)29-27(28)34)23-14-13-17-7-2-5-12-22(17)30(23)25/h2-15,23-25,35H,1H3,(H,29,34)/q-1. The number of anilines is 3. The molecule has 2 N–H and O–H groups in total. The normalized spacial score (nSPS) is 25.2. The van der Waals surface area contributed by atoms with Gasteiger partial charge in [-0.1, -0.05) is 60.7 Å². The number of Topliss-reactive ketones (excluding diaryl/α,β-unsaturated/α-hetero) is 2. The van der Waals surface area contributed by atoms with Crippen molar-refractivity contribution in [2.24, 2.45) is 5.92 Å². The van der Waals surface area contributed by atoms with E-state index < -0.39 is 29.2 Å². The maximum atomic E-state index is 14.3. The molecule has 0 bridgehead atoms. The highest BCUT2D eigenvalue weighted by atomic mass is 16.8. The second-order valence-electron chi connectivity index (χ2n) is 9.36. The van der Waals surface area contributed by atoms with Crippen LogP contribution in [0.1, 0.15) is 28.4 Å². The van der Waals surface area contributed by atoms with Gasteiger partial charge in [-0.2, -0.15) is 0 Å². The van der Waals surface area contributed by atoms with Gasteiger partial charge in [0.2, 0.25) is 5.91 Å². The molecule has 3 aromatic carbocycles. The summed E-state index contributed by atoms with van der Waals surface area (Å²) in [6.45, 7) is 1.43. The molecule has 1 saturated heterocycles. The number of carbonyl (C=O) groups excluding carboxylic acids is 3. The van der Waals surface area contributed by atoms with Crippen molar-refractivity contribution >= 4 is 40.6 Å². The fraction of sp³-hybridized carbons (Fsp3) is 0.179. The second kappa shape index (κ2) is 7.87. The minimum absolute atomic E-state index is 0.119. The van der Waals surface area contributed by atoms with Crippen LogP contribution in [0, 0.1) is 11.1 Å². The zero-order valence-corrected chi connectivity index (χ0v) is 19.3. The molecule has 3 aliphatic rings. The Morgan fingerprint density at radius 2 is 1.81 bits per heavy atom. The largest absolute Gasteiger partial charge is 0.733 e. The average molecular weight is 481 g/mol. The van der Waals surface area contributed by atoms with Crippen LogP contribution >= 0.6 is 0 Å². The molecule has 0 aliphatic carbocycles. The smallest absolute Gasteiger partial charge is 0.238 e. The van der Waals surface area contributed by atoms with Gasteiger partial charge in [-0.05, 0) is 42.3 Å². The molecule has 1 fully saturated rings. The average Bonchev–Trinajstić information content (AvgIpc) is 3.37. The zero-order valence-electron chi connectivity index (χ0n) is 19.3. The molecular weight excluding hydrogens is 458 g/mol. The molecule has 3 aliphatic heterocycles. The Morgan fingerprint density at radius 3 is 2.58 bits per heavy atom. The highest BCUT2D eigenvalue weighted by Gasteiger charge is 2.69. The number of carbonyl (C=O) groups is 3. The van der Waals surface area contributed by atoms with Gasteiger partial charge in [0.05, 0.1) is 23.7 Å². The monoisotopic (exact) mass is 480 g/mol. The Kier molecular flexibility index (Phi) is 4.86. The minimum Gasteiger partial charge on any atom is -0.733 e. The molecule has 180 valence electrons. The van der Waals surface area contributed by atoms with Gasteiger partial charge < -0.3 is 20.7 Å². The second-order valence-corrected chi connectivity index (χ2v) is 9.36. The van der Waals surface area contributed by atoms with Crippen LogP contribution in [0.15, 0.2) is 78.9 Å². The van der Waals surface area contributed by atoms with Gasteiger partial charge in [0, 0.05) is 16.9 Å². The van der Waals surface area contributed by atoms with Crippen molar-refractivity contribution in [3.05, 3.63) is 101 Å². The number of nitrogens with zero attached hydrogens (tertiary/aromatic N) is 2. The lowest BCUT2D eigenvalue weighted by atomic mass is 9.64. The van der Waals surface area contributed by atoms with E-state index in [0.717, 1.165) is 11.3 Å². The topological polar surface area (TPSA) is 113 Å². The van der Waals surface area contributed by atoms with Crippen LogP contribution in [0.4, 0.5) is 17.1 Å². The van der Waals surface area contributed by atoms with Gasteiger partial charge in [0.1, 0.15) is 5.41 Å². The third kappa shape index (κ3) is 2.85. The molecule has 6 rings (SSSR count). The van der Waals surface area contributed by atoms with Crippen LogP contribution in [0.5, 0.6) is 0 Å². The molecule has 8 heteroatoms. The number of hydrogen-bond acceptors (Lipinski definition) is 7. The SMILES string of the molecule is CC(=O)C1C(C(=O)c2cccc(N([O-])O)c2)C2(C(=O)Nc3ccccc32)C2C=Cc3ccccc3N12. The Morgan fingerprint density at radius 1 is 1.06 bits per heavy atom. The maximum absolute atomic E-state index is 14.3. The van der Waals surface area contributed by atoms with Crippen molar-refractivity contribution in [2.45, 2.75) is 24.4 Å². The molecule has 4 unspecified atom stereocenters. The summed E-state index contributed by atoms with van der Waals surface area (Å²) in [6, 6.07) is 18.9. The quantitative estimate of drug-likeness (QED) is 0.430. The molecule has 0 radical (unpaired) electrons. The summed E-state index contributed by atoms with van der Waals surface area (Å²) in [4.78, 5) is 43.5. The number of fused-ring (bicyclic) bond motifs is 6. The molecule has 8 nitrogen and oxygen atoms in total. The summed E-state index contributed by atoms with van der Waals surface area (Å²) in [6.07, 6.45) is 3.83. The van der Waals surface area contributed by atoms with Gasteiger partial charge in [-0.15, -0.1) is 0 Å². The van der Waals surface area contributed by atoms with E-state index in [1.54, 1.807) is 6.07 Å². The van der Waals surface area contributed by atoms with Crippen molar-refractivity contribution in [1.82, 2.24) is 0 Å². The van der Waals surface area contributed by atoms with Crippen LogP contribution in [-0.4, -0.2) is 34.8 Å². The fourth-order valence-electron chi connectivity index (χ4n) is 6.23. The lowest BCUT2D eigenvalue weighted by Crippen LogP contribution is -2.51. The molecule has 3 heterocycles. The molecule has 1 amide bonds. The number of nitrogens with one attached hydrogen (secondary N) is 1. The van der Waals surface area contributed by atoms with Gasteiger partial charge in [-0.3, -0.25) is 19.6 Å². The van der Waals surface area contributed by atoms with E-state index >= 15 is 0 Å². The van der Waals surface area contributed by atoms with Gasteiger partial charge in [-0.25, -0.2) is 0 Å². The Hall–Kier alpha value is -4.27. The third-order valence-corrected chi connectivity index (χ3v) is 7.59. The molecule has 4 atom stereocenters. The molecule has 1 spiro atoms. The summed E-state index contributed by atoms with van der Waals surface area (Å²) in [5, 5.41) is 23.6. The Balaban J connectivity index is 1.64. The first-order valence-electron chi connectivity index (χ1n) is 11.6. The summed E-state index contributed by atoms with van der Waals surface area (Å²) >= 11 is 0. The summed E-state index contributed by atoms with van der Waals surface area (Å²) in [7, 11) is 0. The van der Waals surface area contributed by atoms with Crippen LogP contribution < -0.4 is 15.4 Å². The first kappa shape index (κ1) is 22.2. The highest BCUT2D eigenvalue weighted by molar-refractivity contribution is 6.16. The molecule has 36 heavy (non-hydrogen) atoms. The summed E-state index contributed by atoms with van der Waals surface area (Å²) < 4.78 is 0. The van der Waals surface area contributed by atoms with Crippen molar-refractivity contribution in [1.29, 1.82) is 0 Å². The molecular formula is C28H22N3O5-. The van der Waals surface area contributed by atoms with Crippen molar-refractivity contribution in [3.8, 4) is 0 Å².